The molecule has 0 fully saturated rings. The second kappa shape index (κ2) is 31.5. The minimum absolute atomic E-state index is 0.0657. The first-order valence-electron chi connectivity index (χ1n) is 18.8. The molecule has 13 nitrogen and oxygen atoms in total. The summed E-state index contributed by atoms with van der Waals surface area (Å²) in [4.78, 5) is 25.5. The minimum atomic E-state index is -1.09. The molecule has 0 aliphatic heterocycles. The lowest BCUT2D eigenvalue weighted by Gasteiger charge is -2.18. The number of ether oxygens (including phenoxy) is 7. The molecule has 0 spiro atoms. The van der Waals surface area contributed by atoms with Gasteiger partial charge >= 0.3 is 5.97 Å². The zero-order valence-electron chi connectivity index (χ0n) is 31.1. The molecule has 0 saturated carbocycles. The van der Waals surface area contributed by atoms with Crippen molar-refractivity contribution in [1.29, 1.82) is 0 Å². The first kappa shape index (κ1) is 45.2. The molecule has 0 aliphatic rings. The maximum absolute atomic E-state index is 12.9. The Kier molecular flexibility index (Phi) is 27.4. The third-order valence-corrected chi connectivity index (χ3v) is 7.96. The molecule has 0 radical (unpaired) electrons. The number of esters is 1. The number of unbranched alkanes of at least 4 members (excludes halogenated alkanes) is 9. The summed E-state index contributed by atoms with van der Waals surface area (Å²) in [6, 6.07) is 13.7. The predicted octanol–water partition coefficient (Wildman–Crippen LogP) is 4.74. The van der Waals surface area contributed by atoms with Crippen LogP contribution < -0.4 is 15.3 Å². The summed E-state index contributed by atoms with van der Waals surface area (Å²) in [6.07, 6.45) is 13.4. The van der Waals surface area contributed by atoms with E-state index in [1.165, 1.54) is 82.1 Å². The Labute approximate surface area is 309 Å². The molecule has 3 N–H and O–H groups in total. The van der Waals surface area contributed by atoms with Crippen LogP contribution in [0.3, 0.4) is 0 Å². The summed E-state index contributed by atoms with van der Waals surface area (Å²) < 4.78 is 38.5. The number of hydrogen-bond donors (Lipinski definition) is 3. The number of benzene rings is 2. The van der Waals surface area contributed by atoms with E-state index in [2.05, 4.69) is 12.2 Å². The smallest absolute Gasteiger partial charge is 0.334 e. The van der Waals surface area contributed by atoms with E-state index in [9.17, 15) is 14.8 Å². The molecule has 13 heteroatoms. The molecule has 0 aromatic heterocycles. The number of quaternary nitrogens is 1. The molecule has 2 unspecified atom stereocenters. The fraction of sp³-hybridized carbons (Fsp3) is 0.641. The number of carbonyl (C=O) groups is 2. The zero-order chi connectivity index (χ0) is 37.3. The molecule has 0 saturated heterocycles. The molecule has 2 aromatic rings. The fourth-order valence-electron chi connectivity index (χ4n) is 5.09. The van der Waals surface area contributed by atoms with Crippen molar-refractivity contribution in [1.82, 2.24) is 5.32 Å². The Morgan fingerprint density at radius 2 is 1.10 bits per heavy atom. The van der Waals surface area contributed by atoms with E-state index in [-0.39, 0.29) is 37.7 Å². The van der Waals surface area contributed by atoms with Gasteiger partial charge in [0.1, 0.15) is 18.4 Å². The highest BCUT2D eigenvalue weighted by atomic mass is 16.8. The third-order valence-electron chi connectivity index (χ3n) is 7.96. The highest BCUT2D eigenvalue weighted by molar-refractivity contribution is 5.86. The van der Waals surface area contributed by atoms with Crippen LogP contribution in [-0.2, 0) is 44.4 Å². The monoisotopic (exact) mass is 734 g/mol. The van der Waals surface area contributed by atoms with Crippen molar-refractivity contribution in [3.63, 3.8) is 0 Å². The number of hydrogen-bond acceptors (Lipinski definition) is 11. The number of nitrogens with one attached hydrogen (secondary N) is 2. The normalized spacial score (nSPS) is 12.4. The first-order chi connectivity index (χ1) is 25.5. The van der Waals surface area contributed by atoms with Crippen molar-refractivity contribution in [3.05, 3.63) is 65.4 Å². The van der Waals surface area contributed by atoms with Crippen LogP contribution in [0.25, 0.3) is 0 Å². The van der Waals surface area contributed by atoms with Gasteiger partial charge < -0.3 is 43.7 Å². The quantitative estimate of drug-likeness (QED) is 0.0395. The number of amides is 1. The topological polar surface area (TPSA) is 159 Å². The van der Waals surface area contributed by atoms with E-state index < -0.39 is 23.1 Å². The highest BCUT2D eigenvalue weighted by Crippen LogP contribution is 2.15. The van der Waals surface area contributed by atoms with Crippen molar-refractivity contribution < 1.29 is 53.2 Å². The summed E-state index contributed by atoms with van der Waals surface area (Å²) in [5.41, 5.74) is 0.894. The number of rotatable bonds is 34. The second-order valence-corrected chi connectivity index (χ2v) is 12.4. The molecule has 2 atom stereocenters. The molecule has 2 aromatic carbocycles. The lowest BCUT2D eigenvalue weighted by Crippen LogP contribution is -2.99. The van der Waals surface area contributed by atoms with Crippen LogP contribution in [0.2, 0.25) is 0 Å². The summed E-state index contributed by atoms with van der Waals surface area (Å²) >= 11 is 0. The zero-order valence-corrected chi connectivity index (χ0v) is 31.1. The average molecular weight is 735 g/mol. The summed E-state index contributed by atoms with van der Waals surface area (Å²) in [6.45, 7) is 7.14. The molecule has 0 bridgehead atoms. The van der Waals surface area contributed by atoms with Crippen molar-refractivity contribution in [3.8, 4) is 5.75 Å². The van der Waals surface area contributed by atoms with Gasteiger partial charge in [0.25, 0.3) is 0 Å². The van der Waals surface area contributed by atoms with Crippen LogP contribution in [0.5, 0.6) is 5.75 Å². The van der Waals surface area contributed by atoms with Gasteiger partial charge in [0.2, 0.25) is 5.91 Å². The maximum Gasteiger partial charge on any atom is 0.334 e. The average Bonchev–Trinajstić information content (AvgIpc) is 3.15. The van der Waals surface area contributed by atoms with E-state index in [1.54, 1.807) is 0 Å². The third kappa shape index (κ3) is 24.3. The van der Waals surface area contributed by atoms with Gasteiger partial charge in [-0.05, 0) is 24.1 Å². The molecule has 0 heterocycles. The van der Waals surface area contributed by atoms with Crippen molar-refractivity contribution in [2.75, 3.05) is 79.3 Å². The largest absolute Gasteiger partial charge is 0.595 e. The molecule has 0 aliphatic carbocycles. The second-order valence-electron chi connectivity index (χ2n) is 12.4. The Bertz CT molecular complexity index is 1140. The Morgan fingerprint density at radius 1 is 0.635 bits per heavy atom. The van der Waals surface area contributed by atoms with E-state index in [4.69, 9.17) is 38.4 Å². The van der Waals surface area contributed by atoms with Crippen LogP contribution in [0.15, 0.2) is 54.6 Å². The van der Waals surface area contributed by atoms with Crippen LogP contribution in [-0.4, -0.2) is 102 Å². The Balaban J connectivity index is 1.40. The Morgan fingerprint density at radius 3 is 1.60 bits per heavy atom. The van der Waals surface area contributed by atoms with Crippen LogP contribution >= 0.6 is 0 Å². The molecule has 52 heavy (non-hydrogen) atoms. The van der Waals surface area contributed by atoms with Gasteiger partial charge in [-0.3, -0.25) is 4.79 Å². The highest BCUT2D eigenvalue weighted by Gasteiger charge is 2.24. The summed E-state index contributed by atoms with van der Waals surface area (Å²) in [5.74, 6) is -0.998. The van der Waals surface area contributed by atoms with Crippen LogP contribution in [0.1, 0.15) is 76.7 Å². The van der Waals surface area contributed by atoms with Crippen molar-refractivity contribution in [2.45, 2.75) is 83.6 Å². The van der Waals surface area contributed by atoms with Gasteiger partial charge in [0, 0.05) is 25.2 Å². The summed E-state index contributed by atoms with van der Waals surface area (Å²) in [5, 5.41) is 21.7. The maximum atomic E-state index is 12.9. The SMILES string of the molecule is CCCCCCCCCCCCOCCOCCOCCOCCOCCOCC(=O)NC(Cc1ccccc1)C(=O)Oc1ccc([NH+]([O-])O)cc1. The Hall–Kier alpha value is -2.98. The molecule has 294 valence electrons. The molecular formula is C39H62N2O11. The van der Waals surface area contributed by atoms with E-state index in [0.29, 0.717) is 52.9 Å². The van der Waals surface area contributed by atoms with Crippen LogP contribution in [0.4, 0.5) is 5.69 Å². The number of carbonyl (C=O) groups excluding carboxylic acids is 2. The van der Waals surface area contributed by atoms with Gasteiger partial charge in [-0.2, -0.15) is 5.23 Å². The van der Waals surface area contributed by atoms with Crippen molar-refractivity contribution >= 4 is 17.6 Å². The standard InChI is InChI=1S/C39H62N2O11/c1-2-3-4-5-6-7-8-9-10-14-21-46-22-23-47-24-25-48-26-27-49-28-29-50-30-31-51-33-38(42)40-37(32-34-15-12-11-13-16-34)39(43)52-36-19-17-35(18-20-36)41(44)45/h11-13,15-20,37,41,44H,2-10,14,21-33H2,1H3,(H,40,42). The van der Waals surface area contributed by atoms with Crippen molar-refractivity contribution in [2.24, 2.45) is 0 Å². The lowest BCUT2D eigenvalue weighted by atomic mass is 10.1. The predicted molar refractivity (Wildman–Crippen MR) is 197 cm³/mol. The van der Waals surface area contributed by atoms with Gasteiger partial charge in [-0.25, -0.2) is 10.0 Å². The van der Waals surface area contributed by atoms with Gasteiger partial charge in [-0.1, -0.05) is 95.0 Å². The van der Waals surface area contributed by atoms with E-state index in [0.717, 1.165) is 18.6 Å². The van der Waals surface area contributed by atoms with Gasteiger partial charge in [-0.15, -0.1) is 0 Å². The lowest BCUT2D eigenvalue weighted by molar-refractivity contribution is -0.991. The molecule has 2 rings (SSSR count). The van der Waals surface area contributed by atoms with Gasteiger partial charge in [0.05, 0.1) is 66.1 Å². The molecular weight excluding hydrogens is 672 g/mol. The van der Waals surface area contributed by atoms with Crippen LogP contribution in [0, 0.1) is 5.21 Å². The fourth-order valence-corrected chi connectivity index (χ4v) is 5.09. The van der Waals surface area contributed by atoms with E-state index in [1.807, 2.05) is 30.3 Å². The van der Waals surface area contributed by atoms with Gasteiger partial charge in [0.15, 0.2) is 5.69 Å². The van der Waals surface area contributed by atoms with E-state index >= 15 is 0 Å². The first-order valence-corrected chi connectivity index (χ1v) is 18.8. The minimum Gasteiger partial charge on any atom is -0.595 e. The summed E-state index contributed by atoms with van der Waals surface area (Å²) in [7, 11) is 0. The molecule has 1 amide bonds.